The highest BCUT2D eigenvalue weighted by Crippen LogP contribution is 2.20. The normalized spacial score (nSPS) is 13.9. The number of hydrogen-bond acceptors (Lipinski definition) is 10. The fourth-order valence-corrected chi connectivity index (χ4v) is 4.42. The van der Waals surface area contributed by atoms with Crippen LogP contribution in [0, 0.1) is 0 Å². The van der Waals surface area contributed by atoms with E-state index in [1.54, 1.807) is 60.7 Å². The fourth-order valence-electron chi connectivity index (χ4n) is 4.42. The molecule has 16 nitrogen and oxygen atoms in total. The third kappa shape index (κ3) is 7.87. The van der Waals surface area contributed by atoms with E-state index in [2.05, 4.69) is 20.6 Å². The second kappa shape index (κ2) is 14.6. The summed E-state index contributed by atoms with van der Waals surface area (Å²) in [5.41, 5.74) is 1.56. The molecule has 0 radical (unpaired) electrons. The van der Waals surface area contributed by atoms with E-state index in [1.807, 2.05) is 0 Å². The van der Waals surface area contributed by atoms with Gasteiger partial charge in [-0.3, -0.25) is 0 Å². The van der Waals surface area contributed by atoms with Gasteiger partial charge in [-0.15, -0.1) is 10.2 Å². The monoisotopic (exact) mass is 608 g/mol. The Balaban J connectivity index is 1.48. The molecule has 4 atom stereocenters. The number of nitrogens with zero attached hydrogens (tertiary/aromatic N) is 6. The zero-order valence-corrected chi connectivity index (χ0v) is 23.0. The van der Waals surface area contributed by atoms with Crippen LogP contribution in [-0.2, 0) is 54.7 Å². The molecule has 2 aromatic carbocycles. The Bertz CT molecular complexity index is 1460. The number of carbonyl (C=O) groups is 4. The summed E-state index contributed by atoms with van der Waals surface area (Å²) in [7, 11) is 0. The van der Waals surface area contributed by atoms with E-state index in [0.29, 0.717) is 11.1 Å². The van der Waals surface area contributed by atoms with E-state index in [0.717, 1.165) is 9.36 Å². The summed E-state index contributed by atoms with van der Waals surface area (Å²) in [5.74, 6) is -5.79. The van der Waals surface area contributed by atoms with E-state index in [1.165, 1.54) is 12.4 Å². The Morgan fingerprint density at radius 3 is 1.27 bits per heavy atom. The summed E-state index contributed by atoms with van der Waals surface area (Å²) >= 11 is 0. The molecule has 2 heterocycles. The quantitative estimate of drug-likeness (QED) is 0.132. The summed E-state index contributed by atoms with van der Waals surface area (Å²) < 4.78 is 13.0. The van der Waals surface area contributed by atoms with Crippen molar-refractivity contribution in [1.82, 2.24) is 30.0 Å². The molecule has 230 valence electrons. The third-order valence-corrected chi connectivity index (χ3v) is 6.59. The van der Waals surface area contributed by atoms with Crippen molar-refractivity contribution >= 4 is 23.9 Å². The predicted molar refractivity (Wildman–Crippen MR) is 146 cm³/mol. The summed E-state index contributed by atoms with van der Waals surface area (Å²) in [4.78, 5) is 48.3. The molecule has 44 heavy (non-hydrogen) atoms. The first-order chi connectivity index (χ1) is 21.2. The van der Waals surface area contributed by atoms with Crippen molar-refractivity contribution in [1.29, 1.82) is 0 Å². The Morgan fingerprint density at radius 2 is 0.955 bits per heavy atom. The van der Waals surface area contributed by atoms with Crippen LogP contribution < -0.4 is 0 Å². The average Bonchev–Trinajstić information content (AvgIpc) is 3.66. The molecular weight excluding hydrogens is 580 g/mol. The zero-order chi connectivity index (χ0) is 31.6. The van der Waals surface area contributed by atoms with Gasteiger partial charge in [0.1, 0.15) is 0 Å². The molecule has 0 amide bonds. The molecule has 2 aromatic heterocycles. The molecule has 4 aromatic rings. The Morgan fingerprint density at radius 1 is 0.591 bits per heavy atom. The number of benzene rings is 2. The SMILES string of the molecule is O=C(O)[C@H](OCc1cnnn1[C@@H](Cc1ccccc1)C(=O)O)[C@@H](OCc1cnnn1[C@@H](Cc1ccccc1)C(=O)O)C(=O)O. The highest BCUT2D eigenvalue weighted by Gasteiger charge is 2.37. The largest absolute Gasteiger partial charge is 0.480 e. The summed E-state index contributed by atoms with van der Waals surface area (Å²) in [6, 6.07) is 15.1. The number of rotatable bonds is 17. The molecule has 0 saturated carbocycles. The lowest BCUT2D eigenvalue weighted by molar-refractivity contribution is -0.179. The topological polar surface area (TPSA) is 229 Å². The van der Waals surface area contributed by atoms with Gasteiger partial charge in [0.25, 0.3) is 0 Å². The molecule has 4 N–H and O–H groups in total. The van der Waals surface area contributed by atoms with Gasteiger partial charge in [-0.05, 0) is 11.1 Å². The first-order valence-electron chi connectivity index (χ1n) is 13.2. The van der Waals surface area contributed by atoms with Crippen molar-refractivity contribution in [3.8, 4) is 0 Å². The summed E-state index contributed by atoms with van der Waals surface area (Å²) in [5, 5.41) is 54.4. The minimum atomic E-state index is -2.06. The van der Waals surface area contributed by atoms with Crippen molar-refractivity contribution in [2.45, 2.75) is 50.3 Å². The van der Waals surface area contributed by atoms with Gasteiger partial charge in [-0.1, -0.05) is 71.1 Å². The number of ether oxygens (including phenoxy) is 2. The molecule has 0 bridgehead atoms. The Kier molecular flexibility index (Phi) is 10.4. The van der Waals surface area contributed by atoms with Crippen LogP contribution in [0.5, 0.6) is 0 Å². The van der Waals surface area contributed by atoms with Gasteiger partial charge in [0.05, 0.1) is 37.0 Å². The second-order valence-electron chi connectivity index (χ2n) is 9.57. The van der Waals surface area contributed by atoms with Crippen LogP contribution in [0.3, 0.4) is 0 Å². The van der Waals surface area contributed by atoms with Crippen LogP contribution in [0.4, 0.5) is 0 Å². The van der Waals surface area contributed by atoms with Crippen molar-refractivity contribution in [2.24, 2.45) is 0 Å². The summed E-state index contributed by atoms with van der Waals surface area (Å²) in [6.07, 6.45) is -1.67. The lowest BCUT2D eigenvalue weighted by Crippen LogP contribution is -2.44. The molecule has 4 rings (SSSR count). The van der Waals surface area contributed by atoms with E-state index < -0.39 is 61.4 Å². The standard InChI is InChI=1S/C28H28N6O10/c35-25(36)21(11-17-7-3-1-4-8-17)33-19(13-29-31-33)15-43-23(27(39)40)24(28(41)42)44-16-20-14-30-32-34(20)22(26(37)38)12-18-9-5-2-6-10-18/h1-10,13-14,21-24H,11-12,15-16H2,(H,35,36)(H,37,38)(H,39,40)(H,41,42)/t21-,22-,23+,24+/m0/s1. The van der Waals surface area contributed by atoms with E-state index in [4.69, 9.17) is 9.47 Å². The van der Waals surface area contributed by atoms with Gasteiger partial charge in [0.15, 0.2) is 24.3 Å². The highest BCUT2D eigenvalue weighted by atomic mass is 16.6. The molecule has 0 aliphatic rings. The molecular formula is C28H28N6O10. The molecule has 0 aliphatic carbocycles. The van der Waals surface area contributed by atoms with Crippen molar-refractivity contribution in [3.05, 3.63) is 95.6 Å². The molecule has 0 saturated heterocycles. The Labute approximate surface area is 249 Å². The lowest BCUT2D eigenvalue weighted by atomic mass is 10.1. The number of hydrogen-bond donors (Lipinski definition) is 4. The zero-order valence-electron chi connectivity index (χ0n) is 23.0. The molecule has 16 heteroatoms. The van der Waals surface area contributed by atoms with Gasteiger partial charge >= 0.3 is 23.9 Å². The van der Waals surface area contributed by atoms with E-state index in [9.17, 15) is 39.6 Å². The number of carboxylic acid groups (broad SMARTS) is 4. The molecule has 0 aliphatic heterocycles. The minimum absolute atomic E-state index is 0.0408. The predicted octanol–water partition coefficient (Wildman–Crippen LogP) is 1.25. The van der Waals surface area contributed by atoms with Crippen molar-refractivity contribution < 1.29 is 49.1 Å². The van der Waals surface area contributed by atoms with E-state index in [-0.39, 0.29) is 24.2 Å². The van der Waals surface area contributed by atoms with Crippen LogP contribution in [0.1, 0.15) is 34.6 Å². The maximum absolute atomic E-state index is 12.1. The van der Waals surface area contributed by atoms with Crippen LogP contribution in [0.2, 0.25) is 0 Å². The molecule has 0 fully saturated rings. The van der Waals surface area contributed by atoms with Gasteiger partial charge < -0.3 is 29.9 Å². The molecule has 0 unspecified atom stereocenters. The van der Waals surface area contributed by atoms with Gasteiger partial charge in [-0.2, -0.15) is 0 Å². The summed E-state index contributed by atoms with van der Waals surface area (Å²) in [6.45, 7) is -1.12. The van der Waals surface area contributed by atoms with Crippen LogP contribution in [0.15, 0.2) is 73.1 Å². The number of carboxylic acids is 4. The lowest BCUT2D eigenvalue weighted by Gasteiger charge is -2.22. The second-order valence-corrected chi connectivity index (χ2v) is 9.57. The van der Waals surface area contributed by atoms with Crippen molar-refractivity contribution in [3.63, 3.8) is 0 Å². The third-order valence-electron chi connectivity index (χ3n) is 6.59. The van der Waals surface area contributed by atoms with Crippen LogP contribution in [0.25, 0.3) is 0 Å². The average molecular weight is 609 g/mol. The van der Waals surface area contributed by atoms with Gasteiger partial charge in [-0.25, -0.2) is 28.5 Å². The van der Waals surface area contributed by atoms with Gasteiger partial charge in [0, 0.05) is 12.8 Å². The van der Waals surface area contributed by atoms with Crippen LogP contribution in [-0.4, -0.2) is 86.5 Å². The number of aromatic nitrogens is 6. The minimum Gasteiger partial charge on any atom is -0.480 e. The van der Waals surface area contributed by atoms with Gasteiger partial charge in [0.2, 0.25) is 0 Å². The first-order valence-corrected chi connectivity index (χ1v) is 13.2. The number of aliphatic carboxylic acids is 4. The van der Waals surface area contributed by atoms with Crippen LogP contribution >= 0.6 is 0 Å². The first kappa shape index (κ1) is 31.5. The highest BCUT2D eigenvalue weighted by molar-refractivity contribution is 5.83. The Hall–Kier alpha value is -5.48. The smallest absolute Gasteiger partial charge is 0.336 e. The maximum atomic E-state index is 12.1. The fraction of sp³-hybridized carbons (Fsp3) is 0.286. The van der Waals surface area contributed by atoms with E-state index >= 15 is 0 Å². The maximum Gasteiger partial charge on any atom is 0.336 e. The van der Waals surface area contributed by atoms with Crippen molar-refractivity contribution in [2.75, 3.05) is 0 Å². The molecule has 0 spiro atoms.